The number of thiazole rings is 1. The zero-order valence-electron chi connectivity index (χ0n) is 16.9. The average Bonchev–Trinajstić information content (AvgIpc) is 3.54. The first-order valence-corrected chi connectivity index (χ1v) is 11.2. The molecule has 4 N–H and O–H groups in total. The number of pyridine rings is 1. The van der Waals surface area contributed by atoms with E-state index >= 15 is 0 Å². The molecule has 5 heterocycles. The van der Waals surface area contributed by atoms with Crippen molar-refractivity contribution in [1.82, 2.24) is 20.1 Å². The summed E-state index contributed by atoms with van der Waals surface area (Å²) in [6.07, 6.45) is 1.64. The van der Waals surface area contributed by atoms with Crippen molar-refractivity contribution in [3.05, 3.63) is 57.7 Å². The summed E-state index contributed by atoms with van der Waals surface area (Å²) in [6.45, 7) is 3.78. The van der Waals surface area contributed by atoms with E-state index in [9.17, 15) is 9.59 Å². The number of hydrogen-bond acceptors (Lipinski definition) is 8. The van der Waals surface area contributed by atoms with Crippen LogP contribution in [0.1, 0.15) is 31.4 Å². The normalized spacial score (nSPS) is 11.2. The van der Waals surface area contributed by atoms with Crippen LogP contribution in [-0.4, -0.2) is 31.9 Å². The van der Waals surface area contributed by atoms with Crippen LogP contribution in [0.2, 0.25) is 0 Å². The van der Waals surface area contributed by atoms with E-state index in [-0.39, 0.29) is 11.6 Å². The molecular formula is C21H16N6O3S2. The van der Waals surface area contributed by atoms with E-state index in [1.165, 1.54) is 11.3 Å². The van der Waals surface area contributed by atoms with Crippen molar-refractivity contribution in [3.8, 4) is 21.8 Å². The number of nitrogens with two attached hydrogens (primary N) is 1. The SMILES string of the molecule is Cc1ccc(-c2cc(C(=O)Nc3nc(-c4c[nH]c(C(N)=O)c4)cs3)c3c(C)noc3n2)s1. The quantitative estimate of drug-likeness (QED) is 0.353. The molecule has 0 fully saturated rings. The van der Waals surface area contributed by atoms with Gasteiger partial charge in [-0.2, -0.15) is 0 Å². The summed E-state index contributed by atoms with van der Waals surface area (Å²) in [4.78, 5) is 38.4. The van der Waals surface area contributed by atoms with Crippen molar-refractivity contribution in [1.29, 1.82) is 0 Å². The third-order valence-corrected chi connectivity index (χ3v) is 6.60. The van der Waals surface area contributed by atoms with Crippen LogP contribution in [0.25, 0.3) is 32.9 Å². The molecule has 2 amide bonds. The number of aromatic nitrogens is 4. The number of rotatable bonds is 5. The van der Waals surface area contributed by atoms with Crippen molar-refractivity contribution in [2.24, 2.45) is 5.73 Å². The lowest BCUT2D eigenvalue weighted by Crippen LogP contribution is -2.13. The predicted octanol–water partition coefficient (Wildman–Crippen LogP) is 4.37. The number of aryl methyl sites for hydroxylation is 2. The maximum Gasteiger partial charge on any atom is 0.265 e. The molecule has 0 aliphatic carbocycles. The minimum atomic E-state index is -0.553. The molecule has 0 atom stereocenters. The highest BCUT2D eigenvalue weighted by atomic mass is 32.1. The predicted molar refractivity (Wildman–Crippen MR) is 123 cm³/mol. The van der Waals surface area contributed by atoms with Gasteiger partial charge in [0, 0.05) is 22.0 Å². The van der Waals surface area contributed by atoms with E-state index in [1.807, 2.05) is 19.1 Å². The molecule has 0 aliphatic rings. The molecule has 5 rings (SSSR count). The molecule has 0 aliphatic heterocycles. The van der Waals surface area contributed by atoms with Gasteiger partial charge >= 0.3 is 0 Å². The van der Waals surface area contributed by atoms with Crippen LogP contribution in [0.5, 0.6) is 0 Å². The highest BCUT2D eigenvalue weighted by molar-refractivity contribution is 7.15. The zero-order valence-corrected chi connectivity index (χ0v) is 18.6. The number of carbonyl (C=O) groups excluding carboxylic acids is 2. The Morgan fingerprint density at radius 1 is 1.16 bits per heavy atom. The van der Waals surface area contributed by atoms with E-state index < -0.39 is 5.91 Å². The van der Waals surface area contributed by atoms with Gasteiger partial charge in [-0.3, -0.25) is 14.9 Å². The molecule has 0 saturated carbocycles. The van der Waals surface area contributed by atoms with Crippen LogP contribution in [0.4, 0.5) is 5.13 Å². The topological polar surface area (TPSA) is 140 Å². The Morgan fingerprint density at radius 2 is 2.00 bits per heavy atom. The lowest BCUT2D eigenvalue weighted by molar-refractivity contribution is 0.0994. The lowest BCUT2D eigenvalue weighted by Gasteiger charge is -2.05. The van der Waals surface area contributed by atoms with Gasteiger partial charge in [0.1, 0.15) is 5.69 Å². The molecular weight excluding hydrogens is 448 g/mol. The van der Waals surface area contributed by atoms with Crippen molar-refractivity contribution < 1.29 is 14.1 Å². The van der Waals surface area contributed by atoms with Crippen LogP contribution < -0.4 is 11.1 Å². The Hall–Kier alpha value is -3.83. The Balaban J connectivity index is 1.48. The summed E-state index contributed by atoms with van der Waals surface area (Å²) in [6, 6.07) is 7.32. The standard InChI is InChI=1S/C21H16N6O3S2/c1-9-3-4-16(32-9)13-6-12(17-10(2)27-30-20(17)24-13)19(29)26-21-25-15(8-31-21)11-5-14(18(22)28)23-7-11/h3-8,23H,1-2H3,(H2,22,28)(H,25,26,29). The number of fused-ring (bicyclic) bond motifs is 1. The van der Waals surface area contributed by atoms with E-state index in [4.69, 9.17) is 10.3 Å². The van der Waals surface area contributed by atoms with Crippen molar-refractivity contribution in [3.63, 3.8) is 0 Å². The van der Waals surface area contributed by atoms with Gasteiger partial charge in [0.25, 0.3) is 17.5 Å². The maximum absolute atomic E-state index is 13.2. The zero-order chi connectivity index (χ0) is 22.4. The molecule has 5 aromatic heterocycles. The van der Waals surface area contributed by atoms with E-state index in [0.717, 1.165) is 9.75 Å². The number of thiophene rings is 1. The van der Waals surface area contributed by atoms with Crippen LogP contribution in [0.15, 0.2) is 40.4 Å². The monoisotopic (exact) mass is 464 g/mol. The Bertz CT molecular complexity index is 1490. The number of H-pyrrole nitrogens is 1. The van der Waals surface area contributed by atoms with Gasteiger partial charge in [-0.1, -0.05) is 5.16 Å². The van der Waals surface area contributed by atoms with Crippen molar-refractivity contribution >= 4 is 50.7 Å². The van der Waals surface area contributed by atoms with Crippen LogP contribution in [0.3, 0.4) is 0 Å². The second kappa shape index (κ2) is 7.70. The Morgan fingerprint density at radius 3 is 2.72 bits per heavy atom. The van der Waals surface area contributed by atoms with Gasteiger partial charge in [-0.15, -0.1) is 22.7 Å². The number of hydrogen-bond donors (Lipinski definition) is 3. The van der Waals surface area contributed by atoms with Crippen molar-refractivity contribution in [2.45, 2.75) is 13.8 Å². The molecule has 32 heavy (non-hydrogen) atoms. The highest BCUT2D eigenvalue weighted by Gasteiger charge is 2.21. The largest absolute Gasteiger partial charge is 0.364 e. The first-order valence-electron chi connectivity index (χ1n) is 9.48. The van der Waals surface area contributed by atoms with Gasteiger partial charge in [-0.25, -0.2) is 9.97 Å². The Kier molecular flexibility index (Phi) is 4.83. The lowest BCUT2D eigenvalue weighted by atomic mass is 10.1. The Labute approximate surface area is 189 Å². The fraction of sp³-hybridized carbons (Fsp3) is 0.0952. The molecule has 0 unspecified atom stereocenters. The number of nitrogens with one attached hydrogen (secondary N) is 2. The molecule has 9 nitrogen and oxygen atoms in total. The van der Waals surface area contributed by atoms with Crippen LogP contribution in [-0.2, 0) is 0 Å². The third-order valence-electron chi connectivity index (χ3n) is 4.82. The van der Waals surface area contributed by atoms with Crippen molar-refractivity contribution in [2.75, 3.05) is 5.32 Å². The maximum atomic E-state index is 13.2. The molecule has 5 aromatic rings. The van der Waals surface area contributed by atoms with Gasteiger partial charge < -0.3 is 15.2 Å². The summed E-state index contributed by atoms with van der Waals surface area (Å²) in [5, 5.41) is 9.59. The first-order chi connectivity index (χ1) is 15.4. The minimum Gasteiger partial charge on any atom is -0.364 e. The van der Waals surface area contributed by atoms with Gasteiger partial charge in [0.2, 0.25) is 0 Å². The van der Waals surface area contributed by atoms with Crippen LogP contribution >= 0.6 is 22.7 Å². The fourth-order valence-corrected chi connectivity index (χ4v) is 4.83. The number of nitrogens with zero attached hydrogens (tertiary/aromatic N) is 3. The number of aromatic amines is 1. The smallest absolute Gasteiger partial charge is 0.265 e. The highest BCUT2D eigenvalue weighted by Crippen LogP contribution is 2.32. The van der Waals surface area contributed by atoms with Gasteiger partial charge in [0.05, 0.1) is 32.9 Å². The number of carbonyl (C=O) groups is 2. The number of primary amides is 1. The molecule has 0 aromatic carbocycles. The van der Waals surface area contributed by atoms with Gasteiger partial charge in [-0.05, 0) is 38.1 Å². The summed E-state index contributed by atoms with van der Waals surface area (Å²) >= 11 is 2.86. The van der Waals surface area contributed by atoms with E-state index in [1.54, 1.807) is 42.0 Å². The molecule has 0 spiro atoms. The summed E-state index contributed by atoms with van der Waals surface area (Å²) < 4.78 is 5.35. The molecule has 160 valence electrons. The molecule has 11 heteroatoms. The van der Waals surface area contributed by atoms with Crippen LogP contribution in [0, 0.1) is 13.8 Å². The van der Waals surface area contributed by atoms with E-state index in [2.05, 4.69) is 25.4 Å². The molecule has 0 radical (unpaired) electrons. The second-order valence-corrected chi connectivity index (χ2v) is 9.22. The second-order valence-electron chi connectivity index (χ2n) is 7.07. The minimum absolute atomic E-state index is 0.289. The first kappa shape index (κ1) is 20.1. The summed E-state index contributed by atoms with van der Waals surface area (Å²) in [5.74, 6) is -0.895. The summed E-state index contributed by atoms with van der Waals surface area (Å²) in [5.41, 5.74) is 8.83. The number of anilines is 1. The third kappa shape index (κ3) is 3.57. The molecule has 0 saturated heterocycles. The number of amides is 2. The fourth-order valence-electron chi connectivity index (χ4n) is 3.28. The molecule has 0 bridgehead atoms. The van der Waals surface area contributed by atoms with Gasteiger partial charge in [0.15, 0.2) is 5.13 Å². The summed E-state index contributed by atoms with van der Waals surface area (Å²) in [7, 11) is 0. The average molecular weight is 465 g/mol. The van der Waals surface area contributed by atoms with E-state index in [0.29, 0.717) is 44.4 Å².